The molecule has 0 heterocycles. The molecule has 2 atom stereocenters. The molecule has 1 rings (SSSR count). The van der Waals surface area contributed by atoms with Crippen molar-refractivity contribution >= 4 is 23.5 Å². The van der Waals surface area contributed by atoms with Crippen LogP contribution in [0.1, 0.15) is 37.8 Å². The SMILES string of the molecule is CCCC(N)CC(=O)N[C@@H](C(=O)O)c1ccccc1Cl. The van der Waals surface area contributed by atoms with Crippen molar-refractivity contribution in [1.82, 2.24) is 5.32 Å². The molecule has 0 saturated carbocycles. The third kappa shape index (κ3) is 4.83. The van der Waals surface area contributed by atoms with Gasteiger partial charge in [-0.15, -0.1) is 0 Å². The summed E-state index contributed by atoms with van der Waals surface area (Å²) >= 11 is 5.96. The molecule has 1 aromatic carbocycles. The molecule has 20 heavy (non-hydrogen) atoms. The van der Waals surface area contributed by atoms with Crippen molar-refractivity contribution in [2.75, 3.05) is 0 Å². The fourth-order valence-corrected chi connectivity index (χ4v) is 2.16. The number of carbonyl (C=O) groups excluding carboxylic acids is 1. The highest BCUT2D eigenvalue weighted by Crippen LogP contribution is 2.23. The van der Waals surface area contributed by atoms with Gasteiger partial charge in [-0.25, -0.2) is 4.79 Å². The molecule has 1 unspecified atom stereocenters. The molecule has 0 bridgehead atoms. The van der Waals surface area contributed by atoms with Crippen molar-refractivity contribution in [2.24, 2.45) is 5.73 Å². The van der Waals surface area contributed by atoms with Crippen molar-refractivity contribution in [1.29, 1.82) is 0 Å². The second-order valence-electron chi connectivity index (χ2n) is 4.61. The summed E-state index contributed by atoms with van der Waals surface area (Å²) in [7, 11) is 0. The maximum Gasteiger partial charge on any atom is 0.330 e. The van der Waals surface area contributed by atoms with E-state index in [1.54, 1.807) is 24.3 Å². The minimum atomic E-state index is -1.16. The number of carboxylic acid groups (broad SMARTS) is 1. The molecule has 4 N–H and O–H groups in total. The van der Waals surface area contributed by atoms with Gasteiger partial charge in [-0.3, -0.25) is 4.79 Å². The highest BCUT2D eigenvalue weighted by molar-refractivity contribution is 6.31. The first kappa shape index (κ1) is 16.5. The van der Waals surface area contributed by atoms with Crippen molar-refractivity contribution in [3.05, 3.63) is 34.9 Å². The summed E-state index contributed by atoms with van der Waals surface area (Å²) in [6, 6.07) is 5.11. The molecule has 0 aliphatic carbocycles. The molecular formula is C14H19ClN2O3. The van der Waals surface area contributed by atoms with Crippen LogP contribution in [0.3, 0.4) is 0 Å². The van der Waals surface area contributed by atoms with Crippen LogP contribution in [-0.2, 0) is 9.59 Å². The first-order chi connectivity index (χ1) is 9.45. The summed E-state index contributed by atoms with van der Waals surface area (Å²) in [5, 5.41) is 12.0. The smallest absolute Gasteiger partial charge is 0.330 e. The van der Waals surface area contributed by atoms with E-state index in [2.05, 4.69) is 5.32 Å². The van der Waals surface area contributed by atoms with E-state index in [-0.39, 0.29) is 12.5 Å². The minimum absolute atomic E-state index is 0.0993. The summed E-state index contributed by atoms with van der Waals surface area (Å²) in [6.45, 7) is 1.97. The molecule has 0 saturated heterocycles. The predicted molar refractivity (Wildman–Crippen MR) is 77.5 cm³/mol. The topological polar surface area (TPSA) is 92.4 Å². The van der Waals surface area contributed by atoms with E-state index in [1.807, 2.05) is 6.92 Å². The van der Waals surface area contributed by atoms with Gasteiger partial charge in [-0.2, -0.15) is 0 Å². The Bertz CT molecular complexity index is 479. The number of hydrogen-bond donors (Lipinski definition) is 3. The molecule has 0 aromatic heterocycles. The van der Waals surface area contributed by atoms with Gasteiger partial charge in [-0.05, 0) is 12.5 Å². The minimum Gasteiger partial charge on any atom is -0.479 e. The van der Waals surface area contributed by atoms with Crippen molar-refractivity contribution in [2.45, 2.75) is 38.3 Å². The lowest BCUT2D eigenvalue weighted by molar-refractivity contribution is -0.142. The predicted octanol–water partition coefficient (Wildman–Crippen LogP) is 2.10. The van der Waals surface area contributed by atoms with Crippen LogP contribution >= 0.6 is 11.6 Å². The Hall–Kier alpha value is -1.59. The standard InChI is InChI=1S/C14H19ClN2O3/c1-2-5-9(16)8-12(18)17-13(14(19)20)10-6-3-4-7-11(10)15/h3-4,6-7,9,13H,2,5,8,16H2,1H3,(H,17,18)(H,19,20)/t9?,13-/m1/s1. The Balaban J connectivity index is 2.77. The van der Waals surface area contributed by atoms with Crippen LogP contribution in [-0.4, -0.2) is 23.0 Å². The Morgan fingerprint density at radius 2 is 2.05 bits per heavy atom. The van der Waals surface area contributed by atoms with E-state index in [4.69, 9.17) is 17.3 Å². The van der Waals surface area contributed by atoms with Gasteiger partial charge in [0, 0.05) is 23.0 Å². The van der Waals surface area contributed by atoms with Crippen molar-refractivity contribution < 1.29 is 14.7 Å². The van der Waals surface area contributed by atoms with E-state index in [0.717, 1.165) is 12.8 Å². The van der Waals surface area contributed by atoms with Crippen LogP contribution in [0.2, 0.25) is 5.02 Å². The lowest BCUT2D eigenvalue weighted by atomic mass is 10.1. The fourth-order valence-electron chi connectivity index (χ4n) is 1.91. The molecule has 1 aromatic rings. The van der Waals surface area contributed by atoms with Gasteiger partial charge in [0.1, 0.15) is 0 Å². The van der Waals surface area contributed by atoms with Crippen LogP contribution in [0.5, 0.6) is 0 Å². The van der Waals surface area contributed by atoms with E-state index >= 15 is 0 Å². The maximum absolute atomic E-state index is 11.8. The van der Waals surface area contributed by atoms with E-state index in [1.165, 1.54) is 0 Å². The summed E-state index contributed by atoms with van der Waals surface area (Å²) in [6.07, 6.45) is 1.70. The normalized spacial score (nSPS) is 13.6. The lowest BCUT2D eigenvalue weighted by Gasteiger charge is -2.17. The third-order valence-corrected chi connectivity index (χ3v) is 3.22. The molecule has 110 valence electrons. The first-order valence-corrected chi connectivity index (χ1v) is 6.85. The van der Waals surface area contributed by atoms with E-state index in [9.17, 15) is 14.7 Å². The van der Waals surface area contributed by atoms with Crippen LogP contribution in [0.25, 0.3) is 0 Å². The molecule has 0 fully saturated rings. The second kappa shape index (κ2) is 7.87. The van der Waals surface area contributed by atoms with Gasteiger partial charge in [0.15, 0.2) is 6.04 Å². The molecule has 0 aliphatic heterocycles. The number of amides is 1. The average Bonchev–Trinajstić information content (AvgIpc) is 2.37. The zero-order valence-corrected chi connectivity index (χ0v) is 12.1. The Kier molecular flexibility index (Phi) is 6.48. The number of halogens is 1. The second-order valence-corrected chi connectivity index (χ2v) is 5.02. The third-order valence-electron chi connectivity index (χ3n) is 2.88. The number of hydrogen-bond acceptors (Lipinski definition) is 3. The van der Waals surface area contributed by atoms with Gasteiger partial charge in [0.05, 0.1) is 0 Å². The number of rotatable bonds is 7. The molecule has 1 amide bonds. The molecule has 6 heteroatoms. The summed E-state index contributed by atoms with van der Waals surface area (Å²) in [4.78, 5) is 23.1. The number of carbonyl (C=O) groups is 2. The largest absolute Gasteiger partial charge is 0.479 e. The number of carboxylic acids is 1. The average molecular weight is 299 g/mol. The van der Waals surface area contributed by atoms with E-state index < -0.39 is 17.9 Å². The zero-order valence-electron chi connectivity index (χ0n) is 11.3. The van der Waals surface area contributed by atoms with Crippen LogP contribution in [0.4, 0.5) is 0 Å². The zero-order chi connectivity index (χ0) is 15.1. The van der Waals surface area contributed by atoms with E-state index in [0.29, 0.717) is 10.6 Å². The summed E-state index contributed by atoms with van der Waals surface area (Å²) in [5.41, 5.74) is 6.13. The maximum atomic E-state index is 11.8. The molecule has 5 nitrogen and oxygen atoms in total. The number of nitrogens with two attached hydrogens (primary N) is 1. The molecule has 0 radical (unpaired) electrons. The monoisotopic (exact) mass is 298 g/mol. The summed E-state index contributed by atoms with van der Waals surface area (Å²) in [5.74, 6) is -1.55. The molecule has 0 spiro atoms. The highest BCUT2D eigenvalue weighted by Gasteiger charge is 2.24. The van der Waals surface area contributed by atoms with Crippen LogP contribution in [0, 0.1) is 0 Å². The Morgan fingerprint density at radius 3 is 2.60 bits per heavy atom. The Morgan fingerprint density at radius 1 is 1.40 bits per heavy atom. The van der Waals surface area contributed by atoms with Gasteiger partial charge in [0.2, 0.25) is 5.91 Å². The van der Waals surface area contributed by atoms with Gasteiger partial charge in [0.25, 0.3) is 0 Å². The molecule has 0 aliphatic rings. The number of benzene rings is 1. The van der Waals surface area contributed by atoms with Gasteiger partial charge in [-0.1, -0.05) is 43.1 Å². The Labute approximate surface area is 123 Å². The quantitative estimate of drug-likeness (QED) is 0.719. The van der Waals surface area contributed by atoms with Crippen LogP contribution < -0.4 is 11.1 Å². The lowest BCUT2D eigenvalue weighted by Crippen LogP contribution is -2.37. The fraction of sp³-hybridized carbons (Fsp3) is 0.429. The van der Waals surface area contributed by atoms with Gasteiger partial charge < -0.3 is 16.2 Å². The molecular weight excluding hydrogens is 280 g/mol. The highest BCUT2D eigenvalue weighted by atomic mass is 35.5. The first-order valence-electron chi connectivity index (χ1n) is 6.47. The van der Waals surface area contributed by atoms with Crippen molar-refractivity contribution in [3.8, 4) is 0 Å². The van der Waals surface area contributed by atoms with Crippen LogP contribution in [0.15, 0.2) is 24.3 Å². The number of aliphatic carboxylic acids is 1. The van der Waals surface area contributed by atoms with Gasteiger partial charge >= 0.3 is 5.97 Å². The summed E-state index contributed by atoms with van der Waals surface area (Å²) < 4.78 is 0. The van der Waals surface area contributed by atoms with Crippen molar-refractivity contribution in [3.63, 3.8) is 0 Å². The number of nitrogens with one attached hydrogen (secondary N) is 1.